The molecule has 0 spiro atoms. The van der Waals surface area contributed by atoms with Crippen LogP contribution in [0.4, 0.5) is 0 Å². The molecule has 0 aliphatic heterocycles. The molecule has 7 heteroatoms. The number of aliphatic hydroxyl groups excluding tert-OH is 2. The molecule has 0 aliphatic carbocycles. The first-order valence-corrected chi connectivity index (χ1v) is 4.00. The van der Waals surface area contributed by atoms with Gasteiger partial charge in [0, 0.05) is 5.34 Å². The van der Waals surface area contributed by atoms with Crippen LogP contribution in [-0.4, -0.2) is 48.6 Å². The van der Waals surface area contributed by atoms with Crippen molar-refractivity contribution in [2.75, 3.05) is 33.0 Å². The monoisotopic (exact) mass is 196 g/mol. The van der Waals surface area contributed by atoms with Gasteiger partial charge in [-0.1, -0.05) is 5.59 Å². The molecule has 7 nitrogen and oxygen atoms in total. The molecule has 0 amide bonds. The van der Waals surface area contributed by atoms with E-state index in [1.807, 2.05) is 0 Å². The summed E-state index contributed by atoms with van der Waals surface area (Å²) in [4.78, 5) is 14.4. The van der Waals surface area contributed by atoms with Gasteiger partial charge in [-0.05, 0) is 6.92 Å². The zero-order valence-electron chi connectivity index (χ0n) is 7.60. The highest BCUT2D eigenvalue weighted by molar-refractivity contribution is 4.18. The van der Waals surface area contributed by atoms with E-state index in [0.717, 1.165) is 5.34 Å². The van der Waals surface area contributed by atoms with Crippen LogP contribution in [-0.2, 0) is 14.5 Å². The zero-order chi connectivity index (χ0) is 9.94. The number of rotatable bonds is 9. The molecule has 0 aromatic heterocycles. The number of aliphatic hydroxyl groups is 2. The van der Waals surface area contributed by atoms with Crippen molar-refractivity contribution in [2.45, 2.75) is 6.92 Å². The molecule has 13 heavy (non-hydrogen) atoms. The normalized spacial score (nSPS) is 11.1. The Balaban J connectivity index is 3.47. The molecule has 0 atom stereocenters. The fourth-order valence-corrected chi connectivity index (χ4v) is 0.455. The molecule has 0 heterocycles. The summed E-state index contributed by atoms with van der Waals surface area (Å²) < 4.78 is 0. The Bertz CT molecular complexity index is 86.0. The Kier molecular flexibility index (Phi) is 9.59. The number of nitrogens with one attached hydrogen (secondary N) is 1. The van der Waals surface area contributed by atoms with Gasteiger partial charge in [0.25, 0.3) is 0 Å². The molecule has 0 radical (unpaired) electrons. The van der Waals surface area contributed by atoms with Gasteiger partial charge in [-0.2, -0.15) is 0 Å². The van der Waals surface area contributed by atoms with E-state index >= 15 is 0 Å². The predicted octanol–water partition coefficient (Wildman–Crippen LogP) is -1.41. The van der Waals surface area contributed by atoms with Crippen LogP contribution < -0.4 is 5.59 Å². The predicted molar refractivity (Wildman–Crippen MR) is 42.7 cm³/mol. The van der Waals surface area contributed by atoms with E-state index in [1.54, 1.807) is 6.92 Å². The zero-order valence-corrected chi connectivity index (χ0v) is 7.60. The minimum Gasteiger partial charge on any atom is -0.394 e. The Labute approximate surface area is 76.6 Å². The molecule has 0 rings (SSSR count). The fraction of sp³-hybridized carbons (Fsp3) is 1.00. The number of hydrazine groups is 1. The average molecular weight is 196 g/mol. The van der Waals surface area contributed by atoms with E-state index in [0.29, 0.717) is 6.61 Å². The lowest BCUT2D eigenvalue weighted by atomic mass is 10.8. The fourth-order valence-electron chi connectivity index (χ4n) is 0.455. The van der Waals surface area contributed by atoms with Crippen molar-refractivity contribution >= 4 is 0 Å². The lowest BCUT2D eigenvalue weighted by molar-refractivity contribution is -0.441. The van der Waals surface area contributed by atoms with Crippen LogP contribution in [0.5, 0.6) is 0 Å². The van der Waals surface area contributed by atoms with Crippen LogP contribution in [0.15, 0.2) is 0 Å². The van der Waals surface area contributed by atoms with Gasteiger partial charge in [-0.25, -0.2) is 0 Å². The maximum Gasteiger partial charge on any atom is 0.0958 e. The van der Waals surface area contributed by atoms with E-state index in [-0.39, 0.29) is 26.4 Å². The van der Waals surface area contributed by atoms with Gasteiger partial charge in [-0.15, -0.1) is 0 Å². The first-order chi connectivity index (χ1) is 6.35. The largest absolute Gasteiger partial charge is 0.394 e. The third kappa shape index (κ3) is 8.06. The summed E-state index contributed by atoms with van der Waals surface area (Å²) in [6, 6.07) is 0. The standard InChI is InChI=1S/C6H16N2O5/c1-2-11-7-8(12-5-3-9)13-6-4-10/h7,9-10H,2-6H2,1H3. The molecule has 0 aliphatic rings. The second kappa shape index (κ2) is 9.81. The second-order valence-corrected chi connectivity index (χ2v) is 1.90. The van der Waals surface area contributed by atoms with Crippen LogP contribution in [0.3, 0.4) is 0 Å². The van der Waals surface area contributed by atoms with Gasteiger partial charge in [0.2, 0.25) is 0 Å². The molecule has 0 unspecified atom stereocenters. The van der Waals surface area contributed by atoms with Crippen molar-refractivity contribution < 1.29 is 24.7 Å². The summed E-state index contributed by atoms with van der Waals surface area (Å²) in [5.74, 6) is 0. The molecule has 0 aromatic rings. The maximum absolute atomic E-state index is 8.44. The highest BCUT2D eigenvalue weighted by Crippen LogP contribution is 1.87. The summed E-state index contributed by atoms with van der Waals surface area (Å²) >= 11 is 0. The quantitative estimate of drug-likeness (QED) is 0.391. The minimum atomic E-state index is -0.132. The van der Waals surface area contributed by atoms with Crippen LogP contribution in [0.25, 0.3) is 0 Å². The van der Waals surface area contributed by atoms with Crippen molar-refractivity contribution in [1.29, 1.82) is 0 Å². The molecule has 0 fully saturated rings. The number of hydrogen-bond donors (Lipinski definition) is 3. The van der Waals surface area contributed by atoms with E-state index < -0.39 is 0 Å². The summed E-state index contributed by atoms with van der Waals surface area (Å²) in [7, 11) is 0. The van der Waals surface area contributed by atoms with Gasteiger partial charge >= 0.3 is 0 Å². The summed E-state index contributed by atoms with van der Waals surface area (Å²) in [6.45, 7) is 2.10. The summed E-state index contributed by atoms with van der Waals surface area (Å²) in [5, 5.41) is 17.7. The van der Waals surface area contributed by atoms with Crippen LogP contribution in [0.1, 0.15) is 6.92 Å². The topological polar surface area (TPSA) is 83.4 Å². The van der Waals surface area contributed by atoms with Crippen molar-refractivity contribution in [3.8, 4) is 0 Å². The van der Waals surface area contributed by atoms with Crippen molar-refractivity contribution in [3.63, 3.8) is 0 Å². The molecule has 0 bridgehead atoms. The average Bonchev–Trinajstić information content (AvgIpc) is 2.17. The third-order valence-electron chi connectivity index (χ3n) is 0.883. The molecule has 0 saturated carbocycles. The molecule has 3 N–H and O–H groups in total. The smallest absolute Gasteiger partial charge is 0.0958 e. The second-order valence-electron chi connectivity index (χ2n) is 1.90. The highest BCUT2D eigenvalue weighted by Gasteiger charge is 2.04. The summed E-state index contributed by atoms with van der Waals surface area (Å²) in [6.07, 6.45) is 0. The third-order valence-corrected chi connectivity index (χ3v) is 0.883. The van der Waals surface area contributed by atoms with Crippen LogP contribution >= 0.6 is 0 Å². The van der Waals surface area contributed by atoms with Crippen LogP contribution in [0.2, 0.25) is 0 Å². The highest BCUT2D eigenvalue weighted by atomic mass is 17.0. The van der Waals surface area contributed by atoms with Crippen molar-refractivity contribution in [1.82, 2.24) is 10.9 Å². The van der Waals surface area contributed by atoms with Crippen LogP contribution in [0, 0.1) is 0 Å². The van der Waals surface area contributed by atoms with Gasteiger partial charge in [0.15, 0.2) is 0 Å². The van der Waals surface area contributed by atoms with E-state index in [2.05, 4.69) is 5.59 Å². The van der Waals surface area contributed by atoms with E-state index in [1.165, 1.54) is 0 Å². The van der Waals surface area contributed by atoms with E-state index in [4.69, 9.17) is 24.7 Å². The lowest BCUT2D eigenvalue weighted by Gasteiger charge is -2.19. The molecular weight excluding hydrogens is 180 g/mol. The molecule has 80 valence electrons. The first-order valence-electron chi connectivity index (χ1n) is 4.00. The SMILES string of the molecule is CCONN(OCCO)OCCO. The van der Waals surface area contributed by atoms with Crippen molar-refractivity contribution in [3.05, 3.63) is 0 Å². The Morgan fingerprint density at radius 2 is 1.69 bits per heavy atom. The van der Waals surface area contributed by atoms with E-state index in [9.17, 15) is 0 Å². The maximum atomic E-state index is 8.44. The molecular formula is C6H16N2O5. The van der Waals surface area contributed by atoms with Gasteiger partial charge in [-0.3, -0.25) is 14.5 Å². The Hall–Kier alpha value is -0.280. The molecule has 0 saturated heterocycles. The Morgan fingerprint density at radius 1 is 1.15 bits per heavy atom. The first kappa shape index (κ1) is 12.7. The van der Waals surface area contributed by atoms with Gasteiger partial charge in [0.05, 0.1) is 33.0 Å². The van der Waals surface area contributed by atoms with Crippen molar-refractivity contribution in [2.24, 2.45) is 0 Å². The Morgan fingerprint density at radius 3 is 2.08 bits per heavy atom. The molecule has 0 aromatic carbocycles. The number of nitrogens with zero attached hydrogens (tertiary/aromatic N) is 1. The summed E-state index contributed by atoms with van der Waals surface area (Å²) in [5.41, 5.74) is 2.31. The minimum absolute atomic E-state index is 0.0749. The van der Waals surface area contributed by atoms with Gasteiger partial charge < -0.3 is 10.2 Å². The lowest BCUT2D eigenvalue weighted by Crippen LogP contribution is -2.39. The van der Waals surface area contributed by atoms with Gasteiger partial charge in [0.1, 0.15) is 0 Å². The number of hydrogen-bond acceptors (Lipinski definition) is 7.